The van der Waals surface area contributed by atoms with E-state index in [9.17, 15) is 24.3 Å². The van der Waals surface area contributed by atoms with Crippen molar-refractivity contribution in [3.05, 3.63) is 24.3 Å². The van der Waals surface area contributed by atoms with Gasteiger partial charge in [0.15, 0.2) is 0 Å². The zero-order valence-corrected chi connectivity index (χ0v) is 14.7. The summed E-state index contributed by atoms with van der Waals surface area (Å²) in [6.45, 7) is 4.51. The van der Waals surface area contributed by atoms with Gasteiger partial charge < -0.3 is 25.9 Å². The summed E-state index contributed by atoms with van der Waals surface area (Å²) in [4.78, 5) is 48.9. The van der Waals surface area contributed by atoms with Crippen molar-refractivity contribution in [2.45, 2.75) is 32.9 Å². The molecule has 0 radical (unpaired) electrons. The second kappa shape index (κ2) is 7.85. The van der Waals surface area contributed by atoms with Crippen molar-refractivity contribution in [1.29, 1.82) is 0 Å². The number of fused-ring (bicyclic) bond motifs is 1. The van der Waals surface area contributed by atoms with E-state index in [1.165, 1.54) is 11.8 Å². The molecule has 2 rings (SSSR count). The number of benzene rings is 1. The first-order valence-corrected chi connectivity index (χ1v) is 8.19. The Kier molecular flexibility index (Phi) is 5.81. The third-order valence-electron chi connectivity index (χ3n) is 3.96. The van der Waals surface area contributed by atoms with Gasteiger partial charge in [-0.3, -0.25) is 14.5 Å². The SMILES string of the molecule is CC(C)[C@H](NC(=O)N1CC(=O)Nc2ccccc21)C(=O)N[C@H](C)C(=O)[O-]. The Morgan fingerprint density at radius 1 is 1.15 bits per heavy atom. The highest BCUT2D eigenvalue weighted by molar-refractivity contribution is 6.10. The van der Waals surface area contributed by atoms with Crippen molar-refractivity contribution in [2.75, 3.05) is 16.8 Å². The molecule has 2 atom stereocenters. The van der Waals surface area contributed by atoms with Crippen LogP contribution in [-0.4, -0.2) is 42.4 Å². The number of rotatable bonds is 5. The molecule has 9 heteroatoms. The standard InChI is InChI=1S/C17H22N4O5/c1-9(2)14(15(23)18-10(3)16(24)25)20-17(26)21-8-13(22)19-11-6-4-5-7-12(11)21/h4-7,9-10,14H,8H2,1-3H3,(H,18,23)(H,19,22)(H,20,26)(H,24,25)/p-1/t10-,14+/m1/s1. The second-order valence-electron chi connectivity index (χ2n) is 6.37. The van der Waals surface area contributed by atoms with E-state index in [2.05, 4.69) is 16.0 Å². The Balaban J connectivity index is 2.16. The highest BCUT2D eigenvalue weighted by Crippen LogP contribution is 2.28. The minimum Gasteiger partial charge on any atom is -0.548 e. The van der Waals surface area contributed by atoms with Crippen LogP contribution in [0.4, 0.5) is 16.2 Å². The van der Waals surface area contributed by atoms with Gasteiger partial charge in [0.2, 0.25) is 11.8 Å². The van der Waals surface area contributed by atoms with E-state index in [0.29, 0.717) is 11.4 Å². The monoisotopic (exact) mass is 361 g/mol. The minimum atomic E-state index is -1.42. The van der Waals surface area contributed by atoms with E-state index >= 15 is 0 Å². The number of carbonyl (C=O) groups excluding carboxylic acids is 4. The molecule has 0 fully saturated rings. The van der Waals surface area contributed by atoms with Crippen LogP contribution in [0.2, 0.25) is 0 Å². The van der Waals surface area contributed by atoms with Gasteiger partial charge in [0.05, 0.1) is 23.4 Å². The maximum Gasteiger partial charge on any atom is 0.323 e. The van der Waals surface area contributed by atoms with Gasteiger partial charge in [-0.15, -0.1) is 0 Å². The number of hydrogen-bond donors (Lipinski definition) is 3. The van der Waals surface area contributed by atoms with Gasteiger partial charge in [0.1, 0.15) is 12.6 Å². The number of para-hydroxylation sites is 2. The average molecular weight is 361 g/mol. The number of nitrogens with one attached hydrogen (secondary N) is 3. The average Bonchev–Trinajstić information content (AvgIpc) is 2.57. The van der Waals surface area contributed by atoms with Crippen molar-refractivity contribution in [3.8, 4) is 0 Å². The maximum absolute atomic E-state index is 12.7. The van der Waals surface area contributed by atoms with E-state index in [1.807, 2.05) is 0 Å². The molecule has 140 valence electrons. The molecule has 0 aromatic heterocycles. The predicted octanol–water partition coefficient (Wildman–Crippen LogP) is -0.566. The predicted molar refractivity (Wildman–Crippen MR) is 92.2 cm³/mol. The van der Waals surface area contributed by atoms with Crippen molar-refractivity contribution >= 4 is 35.2 Å². The number of anilines is 2. The maximum atomic E-state index is 12.7. The molecule has 0 aliphatic carbocycles. The summed E-state index contributed by atoms with van der Waals surface area (Å²) in [5.41, 5.74) is 1.01. The van der Waals surface area contributed by atoms with Crippen LogP contribution in [0, 0.1) is 5.92 Å². The first-order chi connectivity index (χ1) is 12.2. The molecule has 9 nitrogen and oxygen atoms in total. The molecule has 1 aromatic carbocycles. The van der Waals surface area contributed by atoms with Crippen LogP contribution in [0.3, 0.4) is 0 Å². The van der Waals surface area contributed by atoms with Gasteiger partial charge in [0.25, 0.3) is 0 Å². The molecular weight excluding hydrogens is 340 g/mol. The summed E-state index contributed by atoms with van der Waals surface area (Å²) in [6.07, 6.45) is 0. The first kappa shape index (κ1) is 19.2. The molecule has 4 amide bonds. The van der Waals surface area contributed by atoms with E-state index < -0.39 is 30.0 Å². The number of carbonyl (C=O) groups is 4. The summed E-state index contributed by atoms with van der Waals surface area (Å²) in [5.74, 6) is -2.72. The molecule has 3 N–H and O–H groups in total. The molecule has 26 heavy (non-hydrogen) atoms. The van der Waals surface area contributed by atoms with E-state index in [0.717, 1.165) is 0 Å². The van der Waals surface area contributed by atoms with Gasteiger partial charge in [-0.25, -0.2) is 4.79 Å². The molecule has 0 saturated carbocycles. The molecule has 1 aliphatic rings. The largest absolute Gasteiger partial charge is 0.548 e. The minimum absolute atomic E-state index is 0.190. The third kappa shape index (κ3) is 4.29. The zero-order chi connectivity index (χ0) is 19.4. The fourth-order valence-corrected chi connectivity index (χ4v) is 2.52. The molecular formula is C17H21N4O5-. The highest BCUT2D eigenvalue weighted by atomic mass is 16.4. The van der Waals surface area contributed by atoms with Gasteiger partial charge in [-0.05, 0) is 25.0 Å². The van der Waals surface area contributed by atoms with Crippen LogP contribution in [0.15, 0.2) is 24.3 Å². The van der Waals surface area contributed by atoms with E-state index in [-0.39, 0.29) is 18.4 Å². The molecule has 1 heterocycles. The second-order valence-corrected chi connectivity index (χ2v) is 6.37. The number of aliphatic carboxylic acids is 1. The Morgan fingerprint density at radius 3 is 2.42 bits per heavy atom. The van der Waals surface area contributed by atoms with Crippen molar-refractivity contribution in [3.63, 3.8) is 0 Å². The lowest BCUT2D eigenvalue weighted by molar-refractivity contribution is -0.307. The van der Waals surface area contributed by atoms with Gasteiger partial charge >= 0.3 is 6.03 Å². The van der Waals surface area contributed by atoms with Crippen LogP contribution in [0.5, 0.6) is 0 Å². The van der Waals surface area contributed by atoms with E-state index in [4.69, 9.17) is 0 Å². The van der Waals surface area contributed by atoms with Crippen LogP contribution in [0.1, 0.15) is 20.8 Å². The Hall–Kier alpha value is -3.10. The summed E-state index contributed by atoms with van der Waals surface area (Å²) >= 11 is 0. The van der Waals surface area contributed by atoms with Crippen LogP contribution in [0.25, 0.3) is 0 Å². The molecule has 0 spiro atoms. The molecule has 1 aromatic rings. The van der Waals surface area contributed by atoms with E-state index in [1.54, 1.807) is 38.1 Å². The van der Waals surface area contributed by atoms with Gasteiger partial charge in [-0.2, -0.15) is 0 Å². The van der Waals surface area contributed by atoms with Crippen molar-refractivity contribution < 1.29 is 24.3 Å². The highest BCUT2D eigenvalue weighted by Gasteiger charge is 2.31. The number of carboxylic acids is 1. The van der Waals surface area contributed by atoms with Crippen molar-refractivity contribution in [2.24, 2.45) is 5.92 Å². The lowest BCUT2D eigenvalue weighted by Crippen LogP contribution is -2.58. The van der Waals surface area contributed by atoms with Crippen molar-refractivity contribution in [1.82, 2.24) is 10.6 Å². The van der Waals surface area contributed by atoms with Crippen LogP contribution < -0.4 is 26.0 Å². The lowest BCUT2D eigenvalue weighted by Gasteiger charge is -2.31. The molecule has 0 bridgehead atoms. The molecule has 0 unspecified atom stereocenters. The number of amides is 4. The Labute approximate surface area is 150 Å². The summed E-state index contributed by atoms with van der Waals surface area (Å²) in [6, 6.07) is 4.01. The molecule has 0 saturated heterocycles. The first-order valence-electron chi connectivity index (χ1n) is 8.19. The summed E-state index contributed by atoms with van der Waals surface area (Å²) in [5, 5.41) is 18.3. The number of urea groups is 1. The summed E-state index contributed by atoms with van der Waals surface area (Å²) in [7, 11) is 0. The fraction of sp³-hybridized carbons (Fsp3) is 0.412. The number of hydrogen-bond acceptors (Lipinski definition) is 5. The number of carboxylic acid groups (broad SMARTS) is 1. The quantitative estimate of drug-likeness (QED) is 0.647. The number of nitrogens with zero attached hydrogens (tertiary/aromatic N) is 1. The molecule has 1 aliphatic heterocycles. The smallest absolute Gasteiger partial charge is 0.323 e. The van der Waals surface area contributed by atoms with Gasteiger partial charge in [0, 0.05) is 0 Å². The summed E-state index contributed by atoms with van der Waals surface area (Å²) < 4.78 is 0. The normalized spacial score (nSPS) is 15.5. The Morgan fingerprint density at radius 2 is 1.81 bits per heavy atom. The topological polar surface area (TPSA) is 131 Å². The van der Waals surface area contributed by atoms with Gasteiger partial charge in [-0.1, -0.05) is 26.0 Å². The fourth-order valence-electron chi connectivity index (χ4n) is 2.52. The Bertz CT molecular complexity index is 734. The van der Waals surface area contributed by atoms with Crippen LogP contribution in [-0.2, 0) is 14.4 Å². The van der Waals surface area contributed by atoms with Crippen LogP contribution >= 0.6 is 0 Å². The zero-order valence-electron chi connectivity index (χ0n) is 14.7. The third-order valence-corrected chi connectivity index (χ3v) is 3.96. The lowest BCUT2D eigenvalue weighted by atomic mass is 10.0.